The molecule has 0 radical (unpaired) electrons. The molecule has 1 aliphatic heterocycles. The van der Waals surface area contributed by atoms with Gasteiger partial charge < -0.3 is 44.3 Å². The van der Waals surface area contributed by atoms with Crippen LogP contribution in [-0.4, -0.2) is 105 Å². The lowest BCUT2D eigenvalue weighted by molar-refractivity contribution is -0.330. The molecule has 3 aromatic carbocycles. The first-order valence-corrected chi connectivity index (χ1v) is 20.0. The van der Waals surface area contributed by atoms with Gasteiger partial charge in [-0.15, -0.1) is 0 Å². The molecule has 3 aromatic rings. The maximum absolute atomic E-state index is 15.4. The molecule has 15 nitrogen and oxygen atoms in total. The molecule has 1 heterocycles. The van der Waals surface area contributed by atoms with Gasteiger partial charge in [0, 0.05) is 37.8 Å². The summed E-state index contributed by atoms with van der Waals surface area (Å²) in [5.74, 6) is -6.84. The van der Waals surface area contributed by atoms with Crippen molar-refractivity contribution >= 4 is 35.6 Å². The van der Waals surface area contributed by atoms with E-state index in [0.717, 1.165) is 13.8 Å². The third-order valence-corrected chi connectivity index (χ3v) is 12.0. The number of fused-ring (bicyclic) bond motifs is 3. The van der Waals surface area contributed by atoms with E-state index in [1.807, 2.05) is 0 Å². The number of benzene rings is 3. The predicted molar refractivity (Wildman–Crippen MR) is 215 cm³/mol. The zero-order valence-corrected chi connectivity index (χ0v) is 34.7. The van der Waals surface area contributed by atoms with Gasteiger partial charge in [-0.05, 0) is 63.1 Å². The number of Topliss-reactive ketones (excluding diaryl/α,β-unsaturated/α-hetero) is 1. The average molecular weight is 842 g/mol. The fourth-order valence-corrected chi connectivity index (χ4v) is 9.13. The van der Waals surface area contributed by atoms with Gasteiger partial charge in [0.1, 0.15) is 18.3 Å². The Balaban J connectivity index is 1.53. The fourth-order valence-electron chi connectivity index (χ4n) is 9.13. The van der Waals surface area contributed by atoms with E-state index >= 15 is 4.79 Å². The lowest BCUT2D eigenvalue weighted by Gasteiger charge is -2.63. The Kier molecular flexibility index (Phi) is 13.0. The third kappa shape index (κ3) is 8.87. The summed E-state index contributed by atoms with van der Waals surface area (Å²) in [4.78, 5) is 83.1. The van der Waals surface area contributed by atoms with E-state index in [2.05, 4.69) is 5.32 Å². The smallest absolute Gasteiger partial charge is 0.338 e. The zero-order valence-electron chi connectivity index (χ0n) is 34.7. The number of hydrogen-bond donors (Lipinski definition) is 4. The highest BCUT2D eigenvalue weighted by Gasteiger charge is 2.73. The van der Waals surface area contributed by atoms with Crippen LogP contribution >= 0.6 is 0 Å². The van der Waals surface area contributed by atoms with Crippen LogP contribution in [0.2, 0.25) is 0 Å². The van der Waals surface area contributed by atoms with Crippen molar-refractivity contribution in [1.82, 2.24) is 5.32 Å². The van der Waals surface area contributed by atoms with E-state index in [9.17, 15) is 39.3 Å². The summed E-state index contributed by atoms with van der Waals surface area (Å²) in [7, 11) is 0. The standard InChI is InChI=1S/C46H51NO14/c1-25-31(59-43(55)37(51)36(28-16-10-7-11-17-28)47-41(53)29-18-12-8-13-19-29)22-32(60-42(54)30-20-14-9-15-21-30)39-45(6,33(50)23-34-46(39,24-57-34)61-27(3)49)40(52)38(58-26(2)48)35(25)44(4,5)56/h7-21,31-34,36-39,50-51,56H,22-24H2,1-6H3,(H,47,53)/t31-,32+,33-,34+,36-,37+,38+,39-,45+,46-/m0/s1. The molecular formula is C46H51NO14. The number of aliphatic hydroxyl groups excluding tert-OH is 2. The van der Waals surface area contributed by atoms with Gasteiger partial charge in [-0.2, -0.15) is 0 Å². The zero-order chi connectivity index (χ0) is 44.4. The summed E-state index contributed by atoms with van der Waals surface area (Å²) in [6.07, 6.45) is -10.4. The van der Waals surface area contributed by atoms with E-state index in [-0.39, 0.29) is 35.3 Å². The number of ketones is 1. The minimum absolute atomic E-state index is 0.0160. The summed E-state index contributed by atoms with van der Waals surface area (Å²) in [6.45, 7) is 7.38. The molecule has 2 fully saturated rings. The number of carbonyl (C=O) groups is 6. The maximum atomic E-state index is 15.4. The first-order valence-electron chi connectivity index (χ1n) is 20.0. The lowest BCUT2D eigenvalue weighted by atomic mass is 9.52. The minimum Gasteiger partial charge on any atom is -0.458 e. The average Bonchev–Trinajstić information content (AvgIpc) is 3.24. The number of esters is 4. The molecule has 10 atom stereocenters. The molecule has 15 heteroatoms. The SMILES string of the molecule is CC(=O)O[C@H]1C(=O)[C@@]2(C)[C@H]([C@H](OC(=O)c3ccccc3)C[C@H](OC(=O)[C@H](O)[C@@H](NC(=O)c3ccccc3)c3ccccc3)C(C)=C1C(C)(C)O)[C@]1(OC(C)=O)CO[C@@H]1C[C@@H]2O. The van der Waals surface area contributed by atoms with Crippen molar-refractivity contribution in [3.8, 4) is 0 Å². The van der Waals surface area contributed by atoms with Crippen LogP contribution in [-0.2, 0) is 42.9 Å². The summed E-state index contributed by atoms with van der Waals surface area (Å²) in [5, 5.41) is 38.4. The van der Waals surface area contributed by atoms with Crippen molar-refractivity contribution in [2.75, 3.05) is 6.61 Å². The van der Waals surface area contributed by atoms with Crippen LogP contribution in [0.4, 0.5) is 0 Å². The van der Waals surface area contributed by atoms with Gasteiger partial charge in [-0.25, -0.2) is 9.59 Å². The van der Waals surface area contributed by atoms with Crippen molar-refractivity contribution in [2.45, 2.75) is 108 Å². The number of aliphatic hydroxyl groups is 3. The van der Waals surface area contributed by atoms with Gasteiger partial charge in [0.2, 0.25) is 0 Å². The normalized spacial score (nSPS) is 28.4. The number of hydrogen-bond acceptors (Lipinski definition) is 14. The first kappa shape index (κ1) is 44.8. The number of rotatable bonds is 11. The summed E-state index contributed by atoms with van der Waals surface area (Å²) < 4.78 is 30.0. The molecule has 0 bridgehead atoms. The number of amides is 1. The molecular weight excluding hydrogens is 790 g/mol. The molecule has 0 unspecified atom stereocenters. The van der Waals surface area contributed by atoms with E-state index < -0.39 is 107 Å². The molecule has 6 rings (SSSR count). The van der Waals surface area contributed by atoms with Crippen molar-refractivity contribution in [2.24, 2.45) is 11.3 Å². The molecule has 3 aliphatic rings. The van der Waals surface area contributed by atoms with E-state index in [4.69, 9.17) is 23.7 Å². The van der Waals surface area contributed by atoms with E-state index in [0.29, 0.717) is 5.56 Å². The van der Waals surface area contributed by atoms with Crippen LogP contribution in [0.1, 0.15) is 86.7 Å². The predicted octanol–water partition coefficient (Wildman–Crippen LogP) is 3.74. The van der Waals surface area contributed by atoms with E-state index in [1.165, 1.54) is 39.8 Å². The summed E-state index contributed by atoms with van der Waals surface area (Å²) in [5.41, 5.74) is -5.30. The van der Waals surface area contributed by atoms with E-state index in [1.54, 1.807) is 78.9 Å². The Hall–Kier alpha value is -5.74. The molecule has 4 N–H and O–H groups in total. The molecule has 324 valence electrons. The Morgan fingerprint density at radius 2 is 1.41 bits per heavy atom. The van der Waals surface area contributed by atoms with Crippen molar-refractivity contribution in [3.63, 3.8) is 0 Å². The quantitative estimate of drug-likeness (QED) is 0.123. The second-order valence-corrected chi connectivity index (χ2v) is 16.5. The Labute approximate surface area is 353 Å². The second-order valence-electron chi connectivity index (χ2n) is 16.5. The van der Waals surface area contributed by atoms with Crippen molar-refractivity contribution in [3.05, 3.63) is 119 Å². The Bertz CT molecular complexity index is 2170. The van der Waals surface area contributed by atoms with Gasteiger partial charge in [0.25, 0.3) is 5.91 Å². The first-order chi connectivity index (χ1) is 28.8. The molecule has 61 heavy (non-hydrogen) atoms. The molecule has 2 aliphatic carbocycles. The topological polar surface area (TPSA) is 221 Å². The number of carbonyl (C=O) groups excluding carboxylic acids is 6. The molecule has 1 amide bonds. The Morgan fingerprint density at radius 1 is 0.836 bits per heavy atom. The van der Waals surface area contributed by atoms with Crippen LogP contribution in [0.15, 0.2) is 102 Å². The Morgan fingerprint density at radius 3 is 1.93 bits per heavy atom. The second kappa shape index (κ2) is 17.7. The maximum Gasteiger partial charge on any atom is 0.338 e. The highest BCUT2D eigenvalue weighted by molar-refractivity contribution is 5.96. The third-order valence-electron chi connectivity index (χ3n) is 12.0. The van der Waals surface area contributed by atoms with Crippen LogP contribution in [0.3, 0.4) is 0 Å². The van der Waals surface area contributed by atoms with Gasteiger partial charge in [-0.1, -0.05) is 66.7 Å². The fraction of sp³-hybridized carbons (Fsp3) is 0.435. The molecule has 0 aromatic heterocycles. The van der Waals surface area contributed by atoms with Crippen molar-refractivity contribution in [1.29, 1.82) is 0 Å². The summed E-state index contributed by atoms with van der Waals surface area (Å²) in [6, 6.07) is 22.8. The van der Waals surface area contributed by atoms with Gasteiger partial charge in [0.05, 0.1) is 41.3 Å². The van der Waals surface area contributed by atoms with Gasteiger partial charge >= 0.3 is 23.9 Å². The number of nitrogens with one attached hydrogen (secondary N) is 1. The van der Waals surface area contributed by atoms with Gasteiger partial charge in [-0.3, -0.25) is 19.2 Å². The highest BCUT2D eigenvalue weighted by atomic mass is 16.6. The largest absolute Gasteiger partial charge is 0.458 e. The van der Waals surface area contributed by atoms with Crippen LogP contribution in [0.5, 0.6) is 0 Å². The molecule has 1 saturated carbocycles. The van der Waals surface area contributed by atoms with Crippen LogP contribution in [0, 0.1) is 11.3 Å². The monoisotopic (exact) mass is 841 g/mol. The summed E-state index contributed by atoms with van der Waals surface area (Å²) >= 11 is 0. The minimum atomic E-state index is -2.07. The van der Waals surface area contributed by atoms with Crippen LogP contribution in [0.25, 0.3) is 0 Å². The van der Waals surface area contributed by atoms with Gasteiger partial charge in [0.15, 0.2) is 23.6 Å². The van der Waals surface area contributed by atoms with Crippen LogP contribution < -0.4 is 5.32 Å². The molecule has 1 saturated heterocycles. The molecule has 0 spiro atoms. The van der Waals surface area contributed by atoms with Crippen molar-refractivity contribution < 1.29 is 67.8 Å². The lowest BCUT2D eigenvalue weighted by Crippen LogP contribution is -2.77. The number of ether oxygens (including phenoxy) is 5. The highest BCUT2D eigenvalue weighted by Crippen LogP contribution is 2.58.